The largest absolute Gasteiger partial charge is 0.495 e. The van der Waals surface area contributed by atoms with E-state index < -0.39 is 28.5 Å². The highest BCUT2D eigenvalue weighted by atomic mass is 35.5. The van der Waals surface area contributed by atoms with Crippen LogP contribution in [0.2, 0.25) is 10.0 Å². The first kappa shape index (κ1) is 33.2. The van der Waals surface area contributed by atoms with Crippen molar-refractivity contribution in [1.82, 2.24) is 10.2 Å². The summed E-state index contributed by atoms with van der Waals surface area (Å²) < 4.78 is 34.3. The molecule has 11 heteroatoms. The van der Waals surface area contributed by atoms with Gasteiger partial charge in [0.1, 0.15) is 18.3 Å². The molecule has 0 bridgehead atoms. The Bertz CT molecular complexity index is 1480. The van der Waals surface area contributed by atoms with E-state index in [0.717, 1.165) is 22.7 Å². The summed E-state index contributed by atoms with van der Waals surface area (Å²) in [5.74, 6) is -0.531. The van der Waals surface area contributed by atoms with E-state index in [9.17, 15) is 18.0 Å². The van der Waals surface area contributed by atoms with Gasteiger partial charge in [0, 0.05) is 18.1 Å². The van der Waals surface area contributed by atoms with Crippen LogP contribution in [-0.4, -0.2) is 51.4 Å². The van der Waals surface area contributed by atoms with E-state index in [1.54, 1.807) is 43.3 Å². The molecule has 1 N–H and O–H groups in total. The highest BCUT2D eigenvalue weighted by Gasteiger charge is 2.34. The van der Waals surface area contributed by atoms with Crippen LogP contribution in [0.15, 0.2) is 71.6 Å². The molecule has 0 aromatic heterocycles. The number of benzene rings is 3. The number of unbranched alkanes of at least 4 members (excludes halogenated alkanes) is 1. The average Bonchev–Trinajstić information content (AvgIpc) is 2.97. The fourth-order valence-electron chi connectivity index (χ4n) is 4.41. The Morgan fingerprint density at radius 1 is 0.976 bits per heavy atom. The molecule has 3 rings (SSSR count). The zero-order valence-corrected chi connectivity index (χ0v) is 26.6. The number of carbonyl (C=O) groups excluding carboxylic acids is 2. The minimum Gasteiger partial charge on any atom is -0.495 e. The SMILES string of the molecule is CCCCNC(=O)[C@H](CC)N(Cc1ccccc1Cl)C(=O)CN(c1ccc(OC)c(Cl)c1)S(=O)(=O)c1ccc(C)cc1. The second kappa shape index (κ2) is 15.3. The van der Waals surface area contributed by atoms with Crippen LogP contribution in [0.4, 0.5) is 5.69 Å². The van der Waals surface area contributed by atoms with Crippen molar-refractivity contribution in [3.05, 3.63) is 87.9 Å². The van der Waals surface area contributed by atoms with Crippen molar-refractivity contribution >= 4 is 50.7 Å². The zero-order valence-electron chi connectivity index (χ0n) is 24.3. The Kier molecular flexibility index (Phi) is 12.1. The monoisotopic (exact) mass is 633 g/mol. The second-order valence-electron chi connectivity index (χ2n) is 9.83. The Balaban J connectivity index is 2.08. The summed E-state index contributed by atoms with van der Waals surface area (Å²) in [6, 6.07) is 17.0. The van der Waals surface area contributed by atoms with Crippen LogP contribution >= 0.6 is 23.2 Å². The molecule has 2 amide bonds. The third-order valence-corrected chi connectivity index (χ3v) is 9.28. The molecule has 3 aromatic carbocycles. The number of nitrogens with zero attached hydrogens (tertiary/aromatic N) is 2. The average molecular weight is 635 g/mol. The van der Waals surface area contributed by atoms with E-state index in [4.69, 9.17) is 27.9 Å². The number of halogens is 2. The lowest BCUT2D eigenvalue weighted by Gasteiger charge is -2.33. The Morgan fingerprint density at radius 3 is 2.26 bits per heavy atom. The van der Waals surface area contributed by atoms with Crippen molar-refractivity contribution in [2.75, 3.05) is 24.5 Å². The molecule has 42 heavy (non-hydrogen) atoms. The number of aryl methyl sites for hydroxylation is 1. The maximum absolute atomic E-state index is 14.2. The summed E-state index contributed by atoms with van der Waals surface area (Å²) in [6.45, 7) is 5.58. The first-order valence-electron chi connectivity index (χ1n) is 13.8. The molecule has 0 saturated heterocycles. The van der Waals surface area contributed by atoms with Crippen LogP contribution < -0.4 is 14.4 Å². The molecule has 226 valence electrons. The molecule has 3 aromatic rings. The van der Waals surface area contributed by atoms with Gasteiger partial charge in [0.2, 0.25) is 11.8 Å². The number of ether oxygens (including phenoxy) is 1. The highest BCUT2D eigenvalue weighted by Crippen LogP contribution is 2.32. The number of rotatable bonds is 14. The van der Waals surface area contributed by atoms with Gasteiger partial charge in [-0.25, -0.2) is 8.42 Å². The van der Waals surface area contributed by atoms with Gasteiger partial charge < -0.3 is 15.0 Å². The molecular formula is C31H37Cl2N3O5S. The minimum absolute atomic E-state index is 0.00912. The normalized spacial score (nSPS) is 12.0. The van der Waals surface area contributed by atoms with Crippen molar-refractivity contribution in [2.45, 2.75) is 57.5 Å². The number of sulfonamides is 1. The van der Waals surface area contributed by atoms with Crippen molar-refractivity contribution < 1.29 is 22.7 Å². The lowest BCUT2D eigenvalue weighted by Crippen LogP contribution is -2.52. The number of methoxy groups -OCH3 is 1. The topological polar surface area (TPSA) is 96.0 Å². The Morgan fingerprint density at radius 2 is 1.67 bits per heavy atom. The minimum atomic E-state index is -4.23. The van der Waals surface area contributed by atoms with Gasteiger partial charge in [-0.3, -0.25) is 13.9 Å². The Hall–Kier alpha value is -3.27. The van der Waals surface area contributed by atoms with E-state index in [1.807, 2.05) is 13.8 Å². The van der Waals surface area contributed by atoms with Crippen molar-refractivity contribution in [2.24, 2.45) is 0 Å². The lowest BCUT2D eigenvalue weighted by atomic mass is 10.1. The first-order chi connectivity index (χ1) is 20.0. The van der Waals surface area contributed by atoms with E-state index in [2.05, 4.69) is 5.32 Å². The fraction of sp³-hybridized carbons (Fsp3) is 0.355. The van der Waals surface area contributed by atoms with Gasteiger partial charge in [-0.1, -0.05) is 79.4 Å². The van der Waals surface area contributed by atoms with Crippen LogP contribution in [0.5, 0.6) is 5.75 Å². The van der Waals surface area contributed by atoms with Crippen LogP contribution in [0.3, 0.4) is 0 Å². The van der Waals surface area contributed by atoms with Gasteiger partial charge in [-0.2, -0.15) is 0 Å². The van der Waals surface area contributed by atoms with Crippen molar-refractivity contribution in [3.63, 3.8) is 0 Å². The predicted molar refractivity (Wildman–Crippen MR) is 168 cm³/mol. The predicted octanol–water partition coefficient (Wildman–Crippen LogP) is 6.23. The van der Waals surface area contributed by atoms with Crippen LogP contribution in [0, 0.1) is 6.92 Å². The molecule has 0 unspecified atom stereocenters. The molecule has 1 atom stereocenters. The van der Waals surface area contributed by atoms with Gasteiger partial charge in [0.25, 0.3) is 10.0 Å². The number of nitrogens with one attached hydrogen (secondary N) is 1. The van der Waals surface area contributed by atoms with Crippen LogP contribution in [0.1, 0.15) is 44.2 Å². The molecule has 0 heterocycles. The summed E-state index contributed by atoms with van der Waals surface area (Å²) in [7, 11) is -2.77. The molecule has 0 spiro atoms. The van der Waals surface area contributed by atoms with Crippen molar-refractivity contribution in [3.8, 4) is 5.75 Å². The summed E-state index contributed by atoms with van der Waals surface area (Å²) >= 11 is 12.8. The summed E-state index contributed by atoms with van der Waals surface area (Å²) in [6.07, 6.45) is 2.00. The molecule has 0 aliphatic rings. The van der Waals surface area contributed by atoms with Crippen LogP contribution in [0.25, 0.3) is 0 Å². The zero-order chi connectivity index (χ0) is 30.9. The van der Waals surface area contributed by atoms with Gasteiger partial charge in [-0.05, 0) is 61.7 Å². The third-order valence-electron chi connectivity index (χ3n) is 6.83. The quantitative estimate of drug-likeness (QED) is 0.212. The second-order valence-corrected chi connectivity index (χ2v) is 12.5. The maximum atomic E-state index is 14.2. The summed E-state index contributed by atoms with van der Waals surface area (Å²) in [4.78, 5) is 28.9. The Labute approximate surface area is 258 Å². The molecule has 0 saturated carbocycles. The number of amides is 2. The number of carbonyl (C=O) groups is 2. The van der Waals surface area contributed by atoms with Gasteiger partial charge >= 0.3 is 0 Å². The molecule has 0 radical (unpaired) electrons. The molecular weight excluding hydrogens is 597 g/mol. The van der Waals surface area contributed by atoms with E-state index in [0.29, 0.717) is 29.3 Å². The number of anilines is 1. The molecule has 8 nitrogen and oxygen atoms in total. The highest BCUT2D eigenvalue weighted by molar-refractivity contribution is 7.92. The van der Waals surface area contributed by atoms with Crippen LogP contribution in [-0.2, 0) is 26.2 Å². The van der Waals surface area contributed by atoms with Gasteiger partial charge in [0.05, 0.1) is 22.7 Å². The number of hydrogen-bond acceptors (Lipinski definition) is 5. The summed E-state index contributed by atoms with van der Waals surface area (Å²) in [5.41, 5.74) is 1.69. The van der Waals surface area contributed by atoms with E-state index in [-0.39, 0.29) is 28.1 Å². The standard InChI is InChI=1S/C31H37Cl2N3O5S/c1-5-7-18-34-31(38)28(6-2)35(20-23-10-8-9-11-26(23)32)30(37)21-36(24-14-17-29(41-4)27(33)19-24)42(39,40)25-15-12-22(3)13-16-25/h8-17,19,28H,5-7,18,20-21H2,1-4H3,(H,34,38)/t28-/m0/s1. The number of hydrogen-bond donors (Lipinski definition) is 1. The molecule has 0 fully saturated rings. The lowest BCUT2D eigenvalue weighted by molar-refractivity contribution is -0.140. The smallest absolute Gasteiger partial charge is 0.264 e. The first-order valence-corrected chi connectivity index (χ1v) is 16.0. The van der Waals surface area contributed by atoms with E-state index in [1.165, 1.54) is 42.3 Å². The van der Waals surface area contributed by atoms with Crippen molar-refractivity contribution in [1.29, 1.82) is 0 Å². The third kappa shape index (κ3) is 8.18. The molecule has 0 aliphatic heterocycles. The fourth-order valence-corrected chi connectivity index (χ4v) is 6.27. The summed E-state index contributed by atoms with van der Waals surface area (Å²) in [5, 5.41) is 3.52. The maximum Gasteiger partial charge on any atom is 0.264 e. The molecule has 0 aliphatic carbocycles. The van der Waals surface area contributed by atoms with Gasteiger partial charge in [-0.15, -0.1) is 0 Å². The van der Waals surface area contributed by atoms with Gasteiger partial charge in [0.15, 0.2) is 0 Å². The van der Waals surface area contributed by atoms with E-state index >= 15 is 0 Å².